The second-order valence-electron chi connectivity index (χ2n) is 8.50. The monoisotopic (exact) mass is 316 g/mol. The lowest BCUT2D eigenvalue weighted by Crippen LogP contribution is -3.00. The van der Waals surface area contributed by atoms with Crippen molar-refractivity contribution >= 4 is 0 Å². The Morgan fingerprint density at radius 2 is 1.83 bits per heavy atom. The van der Waals surface area contributed by atoms with E-state index in [4.69, 9.17) is 4.74 Å². The highest BCUT2D eigenvalue weighted by molar-refractivity contribution is 5.27. The summed E-state index contributed by atoms with van der Waals surface area (Å²) in [7, 11) is 0. The van der Waals surface area contributed by atoms with Gasteiger partial charge in [0.1, 0.15) is 25.0 Å². The van der Waals surface area contributed by atoms with E-state index < -0.39 is 0 Å². The van der Waals surface area contributed by atoms with Crippen molar-refractivity contribution in [2.75, 3.05) is 13.2 Å². The number of aryl methyl sites for hydroxylation is 1. The fraction of sp³-hybridized carbons (Fsp3) is 0.700. The van der Waals surface area contributed by atoms with Crippen LogP contribution in [0.25, 0.3) is 0 Å². The van der Waals surface area contributed by atoms with Crippen LogP contribution in [0.5, 0.6) is 5.75 Å². The standard InChI is InChI=1S/C20H29NO2/c1-14-3-2-4-19(5-14)23-13-18(22)12-21-20-9-15-6-16(10-20)8-17(7-15)11-20/h2-5,15-18,21-22H,6-13H2,1H3/p+1/t15?,16?,17?,18-,20?/m0/s1. The molecule has 126 valence electrons. The lowest BCUT2D eigenvalue weighted by Gasteiger charge is -2.54. The summed E-state index contributed by atoms with van der Waals surface area (Å²) < 4.78 is 5.75. The van der Waals surface area contributed by atoms with E-state index >= 15 is 0 Å². The van der Waals surface area contributed by atoms with E-state index in [9.17, 15) is 5.11 Å². The average molecular weight is 316 g/mol. The number of hydrogen-bond donors (Lipinski definition) is 2. The SMILES string of the molecule is Cc1cccc(OC[C@@H](O)C[NH2+]C23CC4CC(CC(C4)C2)C3)c1. The van der Waals surface area contributed by atoms with Crippen LogP contribution in [0.15, 0.2) is 24.3 Å². The van der Waals surface area contributed by atoms with E-state index in [1.54, 1.807) is 0 Å². The van der Waals surface area contributed by atoms with Crippen LogP contribution >= 0.6 is 0 Å². The van der Waals surface area contributed by atoms with Crippen LogP contribution in [0, 0.1) is 24.7 Å². The van der Waals surface area contributed by atoms with Crippen molar-refractivity contribution in [2.45, 2.75) is 57.1 Å². The molecule has 0 amide bonds. The van der Waals surface area contributed by atoms with Crippen LogP contribution in [-0.2, 0) is 0 Å². The second-order valence-corrected chi connectivity index (χ2v) is 8.50. The number of nitrogens with two attached hydrogens (primary N) is 1. The van der Waals surface area contributed by atoms with Crippen molar-refractivity contribution in [1.82, 2.24) is 0 Å². The largest absolute Gasteiger partial charge is 0.491 e. The molecule has 4 saturated carbocycles. The number of hydrogen-bond acceptors (Lipinski definition) is 2. The van der Waals surface area contributed by atoms with E-state index in [0.29, 0.717) is 12.1 Å². The van der Waals surface area contributed by atoms with Gasteiger partial charge in [0.2, 0.25) is 0 Å². The second kappa shape index (κ2) is 6.10. The molecule has 5 rings (SSSR count). The zero-order valence-corrected chi connectivity index (χ0v) is 14.2. The van der Waals surface area contributed by atoms with Gasteiger partial charge in [0.05, 0.1) is 5.54 Å². The van der Waals surface area contributed by atoms with Gasteiger partial charge in [-0.25, -0.2) is 0 Å². The fourth-order valence-electron chi connectivity index (χ4n) is 5.78. The highest BCUT2D eigenvalue weighted by atomic mass is 16.5. The van der Waals surface area contributed by atoms with E-state index in [1.165, 1.54) is 44.1 Å². The summed E-state index contributed by atoms with van der Waals surface area (Å²) in [5.41, 5.74) is 1.64. The molecule has 0 unspecified atom stereocenters. The van der Waals surface area contributed by atoms with E-state index in [1.807, 2.05) is 18.2 Å². The van der Waals surface area contributed by atoms with E-state index in [0.717, 1.165) is 30.0 Å². The van der Waals surface area contributed by atoms with Gasteiger partial charge in [-0.1, -0.05) is 12.1 Å². The first-order valence-electron chi connectivity index (χ1n) is 9.32. The molecular formula is C20H30NO2+. The molecule has 0 saturated heterocycles. The fourth-order valence-corrected chi connectivity index (χ4v) is 5.78. The van der Waals surface area contributed by atoms with Crippen molar-refractivity contribution in [2.24, 2.45) is 17.8 Å². The first-order valence-corrected chi connectivity index (χ1v) is 9.32. The van der Waals surface area contributed by atoms with Crippen LogP contribution in [0.4, 0.5) is 0 Å². The third-order valence-corrected chi connectivity index (χ3v) is 6.34. The zero-order valence-electron chi connectivity index (χ0n) is 14.2. The molecule has 1 atom stereocenters. The molecule has 4 aliphatic carbocycles. The van der Waals surface area contributed by atoms with Crippen LogP contribution in [0.1, 0.15) is 44.1 Å². The molecule has 0 radical (unpaired) electrons. The minimum Gasteiger partial charge on any atom is -0.491 e. The van der Waals surface area contributed by atoms with Gasteiger partial charge in [0.25, 0.3) is 0 Å². The van der Waals surface area contributed by atoms with E-state index in [-0.39, 0.29) is 6.10 Å². The summed E-state index contributed by atoms with van der Waals surface area (Å²) >= 11 is 0. The van der Waals surface area contributed by atoms with Gasteiger partial charge in [-0.05, 0) is 61.6 Å². The zero-order chi connectivity index (χ0) is 15.9. The van der Waals surface area contributed by atoms with Crippen molar-refractivity contribution in [3.63, 3.8) is 0 Å². The molecule has 0 heterocycles. The maximum atomic E-state index is 10.3. The van der Waals surface area contributed by atoms with Crippen molar-refractivity contribution < 1.29 is 15.2 Å². The maximum Gasteiger partial charge on any atom is 0.137 e. The molecule has 4 aliphatic rings. The molecule has 1 aromatic carbocycles. The van der Waals surface area contributed by atoms with Crippen LogP contribution in [0.3, 0.4) is 0 Å². The third-order valence-electron chi connectivity index (χ3n) is 6.34. The Morgan fingerprint density at radius 1 is 1.17 bits per heavy atom. The molecule has 3 heteroatoms. The minimum atomic E-state index is -0.386. The molecule has 0 aliphatic heterocycles. The van der Waals surface area contributed by atoms with Gasteiger partial charge in [-0.15, -0.1) is 0 Å². The highest BCUT2D eigenvalue weighted by Crippen LogP contribution is 2.54. The minimum absolute atomic E-state index is 0.386. The normalized spacial score (nSPS) is 36.2. The predicted molar refractivity (Wildman–Crippen MR) is 90.4 cm³/mol. The predicted octanol–water partition coefficient (Wildman–Crippen LogP) is 2.27. The number of benzene rings is 1. The molecule has 4 fully saturated rings. The summed E-state index contributed by atoms with van der Waals surface area (Å²) in [5.74, 6) is 3.77. The highest BCUT2D eigenvalue weighted by Gasteiger charge is 2.53. The Bertz CT molecular complexity index is 521. The summed E-state index contributed by atoms with van der Waals surface area (Å²) in [5, 5.41) is 12.8. The molecule has 4 bridgehead atoms. The van der Waals surface area contributed by atoms with Gasteiger partial charge >= 0.3 is 0 Å². The van der Waals surface area contributed by atoms with E-state index in [2.05, 4.69) is 18.3 Å². The summed E-state index contributed by atoms with van der Waals surface area (Å²) in [4.78, 5) is 0. The van der Waals surface area contributed by atoms with Crippen LogP contribution in [-0.4, -0.2) is 29.9 Å². The number of quaternary nitrogens is 1. The molecule has 0 spiro atoms. The smallest absolute Gasteiger partial charge is 0.137 e. The lowest BCUT2D eigenvalue weighted by atomic mass is 9.53. The Labute approximate surface area is 139 Å². The molecule has 0 aromatic heterocycles. The first-order chi connectivity index (χ1) is 11.1. The first kappa shape index (κ1) is 15.5. The Kier molecular flexibility index (Phi) is 4.10. The van der Waals surface area contributed by atoms with Gasteiger partial charge < -0.3 is 15.2 Å². The Morgan fingerprint density at radius 3 is 2.43 bits per heavy atom. The number of ether oxygens (including phenoxy) is 1. The molecule has 3 N–H and O–H groups in total. The van der Waals surface area contributed by atoms with Gasteiger partial charge in [-0.3, -0.25) is 0 Å². The molecule has 3 nitrogen and oxygen atoms in total. The lowest BCUT2D eigenvalue weighted by molar-refractivity contribution is -0.743. The Balaban J connectivity index is 1.27. The molecular weight excluding hydrogens is 286 g/mol. The van der Waals surface area contributed by atoms with Crippen LogP contribution in [0.2, 0.25) is 0 Å². The van der Waals surface area contributed by atoms with Crippen molar-refractivity contribution in [1.29, 1.82) is 0 Å². The van der Waals surface area contributed by atoms with Gasteiger partial charge in [0, 0.05) is 19.3 Å². The Hall–Kier alpha value is -1.06. The summed E-state index contributed by atoms with van der Waals surface area (Å²) in [6.07, 6.45) is 8.19. The quantitative estimate of drug-likeness (QED) is 0.846. The molecule has 23 heavy (non-hydrogen) atoms. The van der Waals surface area contributed by atoms with Gasteiger partial charge in [0.15, 0.2) is 0 Å². The number of aliphatic hydroxyl groups is 1. The molecule has 1 aromatic rings. The summed E-state index contributed by atoms with van der Waals surface area (Å²) in [6.45, 7) is 3.23. The average Bonchev–Trinajstić information content (AvgIpc) is 2.50. The number of aliphatic hydroxyl groups excluding tert-OH is 1. The number of rotatable bonds is 6. The topological polar surface area (TPSA) is 46.1 Å². The summed E-state index contributed by atoms with van der Waals surface area (Å²) in [6, 6.07) is 8.04. The van der Waals surface area contributed by atoms with Crippen molar-refractivity contribution in [3.05, 3.63) is 29.8 Å². The maximum absolute atomic E-state index is 10.3. The van der Waals surface area contributed by atoms with Gasteiger partial charge in [-0.2, -0.15) is 0 Å². The van der Waals surface area contributed by atoms with Crippen LogP contribution < -0.4 is 10.1 Å². The van der Waals surface area contributed by atoms with Crippen molar-refractivity contribution in [3.8, 4) is 5.75 Å². The third kappa shape index (κ3) is 3.41.